The zero-order chi connectivity index (χ0) is 63.5. The number of rotatable bonds is 24. The zero-order valence-corrected chi connectivity index (χ0v) is 50.6. The molecular formula is C68H71FN6O14. The van der Waals surface area contributed by atoms with Gasteiger partial charge in [-0.15, -0.1) is 0 Å². The predicted molar refractivity (Wildman–Crippen MR) is 323 cm³/mol. The third-order valence-electron chi connectivity index (χ3n) is 17.1. The number of nitrogens with one attached hydrogen (secondary N) is 4. The van der Waals surface area contributed by atoms with Gasteiger partial charge in [0, 0.05) is 73.6 Å². The largest absolute Gasteiger partial charge is 0.465 e. The molecule has 0 radical (unpaired) electrons. The molecule has 2 aliphatic heterocycles. The minimum absolute atomic E-state index is 0.0181. The van der Waals surface area contributed by atoms with Crippen LogP contribution in [0.3, 0.4) is 0 Å². The number of fused-ring (bicyclic) bond motifs is 8. The number of aryl methyl sites for hydroxylation is 1. The molecule has 464 valence electrons. The van der Waals surface area contributed by atoms with Gasteiger partial charge >= 0.3 is 17.9 Å². The summed E-state index contributed by atoms with van der Waals surface area (Å²) in [5, 5.41) is 11.5. The number of nitrogens with zero attached hydrogens (tertiary/aromatic N) is 2. The van der Waals surface area contributed by atoms with Gasteiger partial charge in [0.1, 0.15) is 30.7 Å². The molecule has 0 unspecified atom stereocenters. The highest BCUT2D eigenvalue weighted by molar-refractivity contribution is 5.96. The van der Waals surface area contributed by atoms with E-state index in [1.165, 1.54) is 24.7 Å². The Morgan fingerprint density at radius 1 is 0.787 bits per heavy atom. The number of ketones is 2. The van der Waals surface area contributed by atoms with Gasteiger partial charge in [0.2, 0.25) is 23.6 Å². The molecule has 21 heteroatoms. The second-order valence-electron chi connectivity index (χ2n) is 24.3. The van der Waals surface area contributed by atoms with Gasteiger partial charge in [-0.1, -0.05) is 78.9 Å². The maximum atomic E-state index is 15.7. The van der Waals surface area contributed by atoms with Crippen molar-refractivity contribution in [3.8, 4) is 22.5 Å². The molecule has 4 N–H and O–H groups in total. The minimum atomic E-state index is -1.60. The first-order valence-electron chi connectivity index (χ1n) is 29.9. The van der Waals surface area contributed by atoms with Crippen LogP contribution < -0.4 is 26.8 Å². The van der Waals surface area contributed by atoms with Gasteiger partial charge in [0.05, 0.1) is 54.6 Å². The predicted octanol–water partition coefficient (Wildman–Crippen LogP) is 7.04. The van der Waals surface area contributed by atoms with Gasteiger partial charge < -0.3 is 44.8 Å². The van der Waals surface area contributed by atoms with Crippen LogP contribution in [0.15, 0.2) is 95.8 Å². The molecule has 0 fully saturated rings. The zero-order valence-electron chi connectivity index (χ0n) is 50.6. The molecule has 20 nitrogen and oxygen atoms in total. The van der Waals surface area contributed by atoms with Crippen LogP contribution in [0.1, 0.15) is 141 Å². The molecule has 4 aliphatic rings. The Morgan fingerprint density at radius 2 is 1.46 bits per heavy atom. The van der Waals surface area contributed by atoms with Crippen molar-refractivity contribution in [1.29, 1.82) is 0 Å². The first kappa shape index (κ1) is 62.8. The highest BCUT2D eigenvalue weighted by Crippen LogP contribution is 2.47. The lowest BCUT2D eigenvalue weighted by Gasteiger charge is -2.32. The Bertz CT molecular complexity index is 3880. The number of hydrogen-bond donors (Lipinski definition) is 4. The summed E-state index contributed by atoms with van der Waals surface area (Å²) < 4.78 is 39.3. The number of carbonyl (C=O) groups excluding carboxylic acids is 9. The summed E-state index contributed by atoms with van der Waals surface area (Å²) in [6, 6.07) is 25.7. The van der Waals surface area contributed by atoms with E-state index in [1.54, 1.807) is 64.1 Å². The van der Waals surface area contributed by atoms with E-state index < -0.39 is 113 Å². The second-order valence-corrected chi connectivity index (χ2v) is 24.3. The van der Waals surface area contributed by atoms with Crippen molar-refractivity contribution >= 4 is 64.0 Å². The Morgan fingerprint density at radius 3 is 2.16 bits per heavy atom. The third kappa shape index (κ3) is 13.6. The fraction of sp³-hybridized carbons (Fsp3) is 0.397. The van der Waals surface area contributed by atoms with E-state index in [4.69, 9.17) is 23.9 Å². The Labute approximate surface area is 513 Å². The summed E-state index contributed by atoms with van der Waals surface area (Å²) in [5.74, 6) is -7.00. The summed E-state index contributed by atoms with van der Waals surface area (Å²) in [4.78, 5) is 140. The van der Waals surface area contributed by atoms with Gasteiger partial charge in [-0.2, -0.15) is 0 Å². The molecule has 4 amide bonds. The lowest BCUT2D eigenvalue weighted by molar-refractivity contribution is -0.173. The summed E-state index contributed by atoms with van der Waals surface area (Å²) in [6.07, 6.45) is -1.25. The van der Waals surface area contributed by atoms with Crippen LogP contribution in [0, 0.1) is 18.7 Å². The topological polar surface area (TPSA) is 274 Å². The number of methoxy groups -OCH3 is 1. The van der Waals surface area contributed by atoms with Gasteiger partial charge in [-0.25, -0.2) is 14.2 Å². The van der Waals surface area contributed by atoms with Gasteiger partial charge in [-0.05, 0) is 111 Å². The van der Waals surface area contributed by atoms with Crippen LogP contribution in [0.4, 0.5) is 4.39 Å². The summed E-state index contributed by atoms with van der Waals surface area (Å²) >= 11 is 0. The molecule has 89 heavy (non-hydrogen) atoms. The number of hydrogen-bond acceptors (Lipinski definition) is 15. The fourth-order valence-electron chi connectivity index (χ4n) is 12.5. The van der Waals surface area contributed by atoms with E-state index >= 15 is 4.39 Å². The number of Topliss-reactive ketones (excluding diaryl/α,β-unsaturated/α-hetero) is 2. The van der Waals surface area contributed by atoms with Gasteiger partial charge in [-0.3, -0.25) is 43.2 Å². The number of cyclic esters (lactones) is 1. The quantitative estimate of drug-likeness (QED) is 0.0349. The molecule has 2 aliphatic carbocycles. The van der Waals surface area contributed by atoms with E-state index in [0.29, 0.717) is 51.0 Å². The maximum absolute atomic E-state index is 15.7. The van der Waals surface area contributed by atoms with E-state index in [0.717, 1.165) is 27.8 Å². The highest BCUT2D eigenvalue weighted by Gasteiger charge is 2.46. The highest BCUT2D eigenvalue weighted by atomic mass is 19.1. The number of halogens is 1. The van der Waals surface area contributed by atoms with Crippen molar-refractivity contribution in [3.05, 3.63) is 157 Å². The SMILES string of the molecule is CO[C@@]1(C)C(=O)OCc2c1cc1n(c2=O)Cc2c-1nc1cc(F)c(C)c3c1c2[C@@H](NC(=O)[C@H](CCC(=O)OC(C)(C)C)NC(=O)CCC(=O)CNC(=O)[C@@H](CC(=O)CNC(=O)CCC(=O)OCC1c2ccccc2-c2ccccc21)Cc1ccccc1)CC3. The molecule has 4 aromatic carbocycles. The Hall–Kier alpha value is -9.24. The number of benzene rings is 4. The van der Waals surface area contributed by atoms with Crippen molar-refractivity contribution in [2.24, 2.45) is 5.92 Å². The molecule has 0 saturated heterocycles. The average Bonchev–Trinajstić information content (AvgIpc) is 1.72. The van der Waals surface area contributed by atoms with Crippen LogP contribution >= 0.6 is 0 Å². The normalized spacial score (nSPS) is 16.7. The fourth-order valence-corrected chi connectivity index (χ4v) is 12.5. The Kier molecular flexibility index (Phi) is 18.5. The van der Waals surface area contributed by atoms with Crippen LogP contribution in [-0.4, -0.2) is 101 Å². The van der Waals surface area contributed by atoms with Crippen LogP contribution in [0.25, 0.3) is 33.4 Å². The van der Waals surface area contributed by atoms with Gasteiger partial charge in [0.25, 0.3) is 5.56 Å². The van der Waals surface area contributed by atoms with E-state index in [2.05, 4.69) is 21.3 Å². The van der Waals surface area contributed by atoms with Crippen molar-refractivity contribution in [1.82, 2.24) is 30.8 Å². The molecule has 10 rings (SSSR count). The lowest BCUT2D eigenvalue weighted by Crippen LogP contribution is -2.48. The standard InChI is InChI=1S/C68H71FN6O14/c1-37-42-21-22-52(61-47-34-75-55(62(47)73-54(60(42)61)31-51(37)69)30-50-49(65(75)84)36-88-66(85)68(50,5)86-6)74-64(83)53(23-26-59(81)89-67(2,3)4)72-57(79)24-20-40(76)32-71-63(82)39(28-38-14-8-7-9-15-38)29-41(77)33-70-56(78)25-27-58(80)87-35-48-45-18-12-10-16-43(45)44-17-11-13-19-46(44)48/h7-19,30-31,39,48,52-53H,20-29,32-36H2,1-6H3,(H,70,78)(H,71,82)(H,72,79)(H,74,83)/t39-,52+,53+,68-/m1/s1. The smallest absolute Gasteiger partial charge is 0.343 e. The van der Waals surface area contributed by atoms with Gasteiger partial charge in [0.15, 0.2) is 17.2 Å². The second kappa shape index (κ2) is 26.2. The number of pyridine rings is 2. The maximum Gasteiger partial charge on any atom is 0.343 e. The van der Waals surface area contributed by atoms with Crippen molar-refractivity contribution in [2.45, 2.75) is 141 Å². The molecule has 4 heterocycles. The Balaban J connectivity index is 0.759. The van der Waals surface area contributed by atoms with Crippen LogP contribution in [-0.2, 0) is 93.7 Å². The minimum Gasteiger partial charge on any atom is -0.465 e. The molecular weight excluding hydrogens is 1140 g/mol. The number of ether oxygens (including phenoxy) is 4. The molecule has 6 aromatic rings. The van der Waals surface area contributed by atoms with Crippen molar-refractivity contribution < 1.29 is 66.5 Å². The molecule has 4 atom stereocenters. The third-order valence-corrected chi connectivity index (χ3v) is 17.1. The van der Waals surface area contributed by atoms with E-state index in [9.17, 15) is 47.9 Å². The number of carbonyl (C=O) groups is 9. The summed E-state index contributed by atoms with van der Waals surface area (Å²) in [5.41, 5.74) is 5.92. The van der Waals surface area contributed by atoms with Crippen LogP contribution in [0.5, 0.6) is 0 Å². The first-order valence-corrected chi connectivity index (χ1v) is 29.9. The number of aromatic nitrogens is 2. The molecule has 0 saturated carbocycles. The molecule has 0 spiro atoms. The number of esters is 3. The van der Waals surface area contributed by atoms with E-state index in [-0.39, 0.29) is 88.1 Å². The molecule has 2 aromatic heterocycles. The average molecular weight is 1220 g/mol. The van der Waals surface area contributed by atoms with Crippen molar-refractivity contribution in [3.63, 3.8) is 0 Å². The lowest BCUT2D eigenvalue weighted by atomic mass is 9.81. The monoisotopic (exact) mass is 1210 g/mol. The number of amides is 4. The van der Waals surface area contributed by atoms with E-state index in [1.807, 2.05) is 48.5 Å². The van der Waals surface area contributed by atoms with Crippen LogP contribution in [0.2, 0.25) is 0 Å². The first-order chi connectivity index (χ1) is 42.5. The van der Waals surface area contributed by atoms with Crippen molar-refractivity contribution in [2.75, 3.05) is 26.8 Å². The summed E-state index contributed by atoms with van der Waals surface area (Å²) in [6.45, 7) is 7.19. The molecule has 0 bridgehead atoms. The summed E-state index contributed by atoms with van der Waals surface area (Å²) in [7, 11) is 1.34.